The molecule has 1 N–H and O–H groups in total. The lowest BCUT2D eigenvalue weighted by molar-refractivity contribution is 0.149. The van der Waals surface area contributed by atoms with Gasteiger partial charge in [-0.1, -0.05) is 30.9 Å². The number of carboxylic acid groups (broad SMARTS) is 1. The summed E-state index contributed by atoms with van der Waals surface area (Å²) in [5.74, 6) is 0. The summed E-state index contributed by atoms with van der Waals surface area (Å²) in [6, 6.07) is 0. The van der Waals surface area contributed by atoms with Gasteiger partial charge in [0.25, 0.3) is 0 Å². The first kappa shape index (κ1) is 10.3. The quantitative estimate of drug-likeness (QED) is 0.657. The maximum Gasteiger partial charge on any atom is 0.407 e. The molecule has 0 atom stereocenters. The average molecular weight is 199 g/mol. The maximum absolute atomic E-state index is 10.6. The monoisotopic (exact) mass is 199 g/mol. The number of hydrogen-bond acceptors (Lipinski definition) is 1. The summed E-state index contributed by atoms with van der Waals surface area (Å²) < 4.78 is 0. The molecule has 0 unspecified atom stereocenters. The third-order valence-corrected chi connectivity index (χ3v) is 4.82. The van der Waals surface area contributed by atoms with E-state index < -0.39 is 14.2 Å². The Morgan fingerprint density at radius 3 is 2.46 bits per heavy atom. The number of amides is 1. The molecule has 1 amide bonds. The van der Waals surface area contributed by atoms with Gasteiger partial charge in [0.2, 0.25) is 0 Å². The highest BCUT2D eigenvalue weighted by Gasteiger charge is 2.24. The minimum atomic E-state index is -1.18. The van der Waals surface area contributed by atoms with Crippen LogP contribution in [0.1, 0.15) is 6.42 Å². The van der Waals surface area contributed by atoms with Crippen LogP contribution in [0.25, 0.3) is 0 Å². The second kappa shape index (κ2) is 3.53. The smallest absolute Gasteiger partial charge is 0.407 e. The van der Waals surface area contributed by atoms with Crippen LogP contribution >= 0.6 is 0 Å². The van der Waals surface area contributed by atoms with Crippen LogP contribution in [-0.4, -0.2) is 37.3 Å². The highest BCUT2D eigenvalue weighted by molar-refractivity contribution is 6.83. The Bertz CT molecular complexity index is 242. The van der Waals surface area contributed by atoms with E-state index in [-0.39, 0.29) is 0 Å². The zero-order chi connectivity index (χ0) is 10.1. The summed E-state index contributed by atoms with van der Waals surface area (Å²) >= 11 is 0. The van der Waals surface area contributed by atoms with Gasteiger partial charge in [-0.3, -0.25) is 0 Å². The van der Waals surface area contributed by atoms with Crippen molar-refractivity contribution in [2.24, 2.45) is 0 Å². The average Bonchev–Trinajstić information content (AvgIpc) is 2.03. The van der Waals surface area contributed by atoms with Gasteiger partial charge in [0, 0.05) is 13.1 Å². The lowest BCUT2D eigenvalue weighted by Crippen LogP contribution is -2.37. The Hall–Kier alpha value is -0.773. The maximum atomic E-state index is 10.6. The van der Waals surface area contributed by atoms with Gasteiger partial charge in [-0.2, -0.15) is 0 Å². The SMILES string of the molecule is C[Si](C)(C)C1=CCN(C(=O)O)CC1. The van der Waals surface area contributed by atoms with Crippen molar-refractivity contribution in [2.45, 2.75) is 26.1 Å². The predicted molar refractivity (Wildman–Crippen MR) is 55.6 cm³/mol. The van der Waals surface area contributed by atoms with Gasteiger partial charge in [-0.05, 0) is 6.42 Å². The van der Waals surface area contributed by atoms with E-state index in [2.05, 4.69) is 25.7 Å². The van der Waals surface area contributed by atoms with Crippen LogP contribution in [0.15, 0.2) is 11.3 Å². The Balaban J connectivity index is 2.63. The molecule has 3 nitrogen and oxygen atoms in total. The largest absolute Gasteiger partial charge is 0.465 e. The molecular weight excluding hydrogens is 182 g/mol. The van der Waals surface area contributed by atoms with Crippen molar-refractivity contribution in [3.05, 3.63) is 11.3 Å². The van der Waals surface area contributed by atoms with Gasteiger partial charge in [0.05, 0.1) is 8.07 Å². The van der Waals surface area contributed by atoms with Gasteiger partial charge >= 0.3 is 6.09 Å². The third-order valence-electron chi connectivity index (χ3n) is 2.44. The van der Waals surface area contributed by atoms with Crippen molar-refractivity contribution < 1.29 is 9.90 Å². The van der Waals surface area contributed by atoms with Crippen LogP contribution in [0.4, 0.5) is 4.79 Å². The topological polar surface area (TPSA) is 40.5 Å². The van der Waals surface area contributed by atoms with E-state index in [9.17, 15) is 4.79 Å². The molecule has 0 bridgehead atoms. The molecule has 0 aromatic rings. The Morgan fingerprint density at radius 2 is 2.15 bits per heavy atom. The van der Waals surface area contributed by atoms with E-state index in [1.54, 1.807) is 0 Å². The van der Waals surface area contributed by atoms with Gasteiger partial charge in [-0.15, -0.1) is 0 Å². The summed E-state index contributed by atoms with van der Waals surface area (Å²) in [5.41, 5.74) is 0. The van der Waals surface area contributed by atoms with Crippen LogP contribution in [-0.2, 0) is 0 Å². The zero-order valence-electron chi connectivity index (χ0n) is 8.50. The lowest BCUT2D eigenvalue weighted by Gasteiger charge is -2.29. The van der Waals surface area contributed by atoms with Gasteiger partial charge in [-0.25, -0.2) is 4.79 Å². The van der Waals surface area contributed by atoms with Crippen LogP contribution < -0.4 is 0 Å². The van der Waals surface area contributed by atoms with E-state index in [0.717, 1.165) is 6.42 Å². The Labute approximate surface area is 80.1 Å². The summed E-state index contributed by atoms with van der Waals surface area (Å²) in [6.45, 7) is 8.15. The molecular formula is C9H17NO2Si. The third kappa shape index (κ3) is 2.59. The fourth-order valence-electron chi connectivity index (χ4n) is 1.52. The molecule has 1 aliphatic rings. The molecule has 74 valence electrons. The van der Waals surface area contributed by atoms with Gasteiger partial charge in [0.1, 0.15) is 0 Å². The molecule has 0 saturated carbocycles. The lowest BCUT2D eigenvalue weighted by atomic mass is 10.2. The fraction of sp³-hybridized carbons (Fsp3) is 0.667. The minimum Gasteiger partial charge on any atom is -0.465 e. The molecule has 0 spiro atoms. The number of carbonyl (C=O) groups is 1. The van der Waals surface area contributed by atoms with E-state index in [1.807, 2.05) is 0 Å². The first-order valence-corrected chi connectivity index (χ1v) is 8.08. The molecule has 1 rings (SSSR count). The molecule has 0 aromatic carbocycles. The summed E-state index contributed by atoms with van der Waals surface area (Å²) in [4.78, 5) is 12.1. The molecule has 1 aliphatic heterocycles. The van der Waals surface area contributed by atoms with Crippen molar-refractivity contribution in [1.29, 1.82) is 0 Å². The second-order valence-corrected chi connectivity index (χ2v) is 9.60. The molecule has 1 heterocycles. The Kier molecular flexibility index (Phi) is 2.80. The van der Waals surface area contributed by atoms with Gasteiger partial charge < -0.3 is 10.0 Å². The van der Waals surface area contributed by atoms with E-state index >= 15 is 0 Å². The van der Waals surface area contributed by atoms with Gasteiger partial charge in [0.15, 0.2) is 0 Å². The summed E-state index contributed by atoms with van der Waals surface area (Å²) in [5, 5.41) is 10.2. The molecule has 13 heavy (non-hydrogen) atoms. The van der Waals surface area contributed by atoms with Crippen molar-refractivity contribution in [1.82, 2.24) is 4.90 Å². The molecule has 0 aromatic heterocycles. The van der Waals surface area contributed by atoms with E-state index in [4.69, 9.17) is 5.11 Å². The van der Waals surface area contributed by atoms with Crippen LogP contribution in [0.5, 0.6) is 0 Å². The Morgan fingerprint density at radius 1 is 1.54 bits per heavy atom. The molecule has 0 saturated heterocycles. The molecule has 0 fully saturated rings. The van der Waals surface area contributed by atoms with Crippen molar-refractivity contribution >= 4 is 14.2 Å². The molecule has 0 radical (unpaired) electrons. The van der Waals surface area contributed by atoms with E-state index in [1.165, 1.54) is 10.1 Å². The number of nitrogens with zero attached hydrogens (tertiary/aromatic N) is 1. The minimum absolute atomic E-state index is 0.578. The normalized spacial score (nSPS) is 18.4. The second-order valence-electron chi connectivity index (χ2n) is 4.46. The highest BCUT2D eigenvalue weighted by atomic mass is 28.3. The summed E-state index contributed by atoms with van der Waals surface area (Å²) in [7, 11) is -1.18. The zero-order valence-corrected chi connectivity index (χ0v) is 9.50. The van der Waals surface area contributed by atoms with E-state index in [0.29, 0.717) is 13.1 Å². The first-order valence-electron chi connectivity index (χ1n) is 4.58. The highest BCUT2D eigenvalue weighted by Crippen LogP contribution is 2.21. The summed E-state index contributed by atoms with van der Waals surface area (Å²) in [6.07, 6.45) is 2.23. The van der Waals surface area contributed by atoms with Crippen LogP contribution in [0.2, 0.25) is 19.6 Å². The van der Waals surface area contributed by atoms with Crippen molar-refractivity contribution in [2.75, 3.05) is 13.1 Å². The standard InChI is InChI=1S/C9H17NO2Si/c1-13(2,3)8-4-6-10(7-5-8)9(11)12/h4H,5-7H2,1-3H3,(H,11,12). The van der Waals surface area contributed by atoms with Crippen LogP contribution in [0.3, 0.4) is 0 Å². The van der Waals surface area contributed by atoms with Crippen molar-refractivity contribution in [3.63, 3.8) is 0 Å². The fourth-order valence-corrected chi connectivity index (χ4v) is 3.09. The molecule has 4 heteroatoms. The van der Waals surface area contributed by atoms with Crippen LogP contribution in [0, 0.1) is 0 Å². The number of rotatable bonds is 1. The number of hydrogen-bond donors (Lipinski definition) is 1. The first-order chi connectivity index (χ1) is 5.91. The predicted octanol–water partition coefficient (Wildman–Crippen LogP) is 2.17. The molecule has 0 aliphatic carbocycles. The van der Waals surface area contributed by atoms with Crippen molar-refractivity contribution in [3.8, 4) is 0 Å².